The number of rotatable bonds is 2. The van der Waals surface area contributed by atoms with Crippen LogP contribution in [0.25, 0.3) is 0 Å². The van der Waals surface area contributed by atoms with Crippen LogP contribution in [-0.2, 0) is 4.79 Å². The van der Waals surface area contributed by atoms with Crippen LogP contribution < -0.4 is 10.6 Å². The largest absolute Gasteiger partial charge is 0.325 e. The minimum atomic E-state index is -0.226. The molecule has 1 aliphatic heterocycles. The fourth-order valence-electron chi connectivity index (χ4n) is 2.20. The summed E-state index contributed by atoms with van der Waals surface area (Å²) < 4.78 is 0. The van der Waals surface area contributed by atoms with Crippen molar-refractivity contribution in [1.29, 1.82) is 0 Å². The molecule has 2 aromatic rings. The number of aromatic nitrogens is 1. The van der Waals surface area contributed by atoms with Gasteiger partial charge in [-0.25, -0.2) is 0 Å². The number of nitrogens with one attached hydrogen (secondary N) is 2. The molecule has 0 aliphatic carbocycles. The molecule has 2 heterocycles. The molecule has 5 heteroatoms. The Morgan fingerprint density at radius 1 is 1.35 bits per heavy atom. The smallest absolute Gasteiger partial charge is 0.257 e. The Hall–Kier alpha value is -2.69. The van der Waals surface area contributed by atoms with Gasteiger partial charge in [0.15, 0.2) is 0 Å². The van der Waals surface area contributed by atoms with Gasteiger partial charge in [-0.05, 0) is 36.8 Å². The maximum Gasteiger partial charge on any atom is 0.257 e. The van der Waals surface area contributed by atoms with Crippen LogP contribution in [0.2, 0.25) is 0 Å². The summed E-state index contributed by atoms with van der Waals surface area (Å²) in [6.07, 6.45) is 3.12. The summed E-state index contributed by atoms with van der Waals surface area (Å²) in [6.45, 7) is 1.86. The normalized spacial score (nSPS) is 16.4. The van der Waals surface area contributed by atoms with Gasteiger partial charge in [-0.1, -0.05) is 6.07 Å². The van der Waals surface area contributed by atoms with E-state index in [1.54, 1.807) is 30.5 Å². The molecular weight excluding hydrogens is 254 g/mol. The van der Waals surface area contributed by atoms with Crippen molar-refractivity contribution in [3.05, 3.63) is 53.9 Å². The summed E-state index contributed by atoms with van der Waals surface area (Å²) in [4.78, 5) is 27.5. The number of benzene rings is 1. The van der Waals surface area contributed by atoms with Crippen LogP contribution in [-0.4, -0.2) is 16.8 Å². The maximum atomic E-state index is 12.0. The minimum Gasteiger partial charge on any atom is -0.325 e. The lowest BCUT2D eigenvalue weighted by Crippen LogP contribution is -2.12. The lowest BCUT2D eigenvalue weighted by atomic mass is 10.0. The number of hydrogen-bond donors (Lipinski definition) is 2. The van der Waals surface area contributed by atoms with E-state index in [0.717, 1.165) is 11.3 Å². The van der Waals surface area contributed by atoms with E-state index in [-0.39, 0.29) is 17.7 Å². The van der Waals surface area contributed by atoms with Gasteiger partial charge >= 0.3 is 0 Å². The fraction of sp³-hybridized carbons (Fsp3) is 0.133. The van der Waals surface area contributed by atoms with Gasteiger partial charge in [0.05, 0.1) is 11.5 Å². The molecule has 2 N–H and O–H groups in total. The highest BCUT2D eigenvalue weighted by Gasteiger charge is 2.26. The molecule has 0 spiro atoms. The van der Waals surface area contributed by atoms with Crippen LogP contribution in [0.5, 0.6) is 0 Å². The summed E-state index contributed by atoms with van der Waals surface area (Å²) in [5, 5.41) is 5.59. The highest BCUT2D eigenvalue weighted by molar-refractivity contribution is 6.06. The molecule has 0 fully saturated rings. The highest BCUT2D eigenvalue weighted by Crippen LogP contribution is 2.34. The molecule has 1 unspecified atom stereocenters. The van der Waals surface area contributed by atoms with Crippen LogP contribution in [0, 0.1) is 0 Å². The monoisotopic (exact) mass is 267 g/mol. The standard InChI is InChI=1S/C15H13N3O2/c1-9-12-5-4-11(7-13(12)18-14(9)19)17-15(20)10-3-2-6-16-8-10/h2-9H,1H3,(H,17,20)(H,18,19). The molecule has 0 bridgehead atoms. The van der Waals surface area contributed by atoms with E-state index < -0.39 is 0 Å². The number of carbonyl (C=O) groups is 2. The second-order valence-electron chi connectivity index (χ2n) is 4.71. The van der Waals surface area contributed by atoms with E-state index in [0.29, 0.717) is 11.3 Å². The topological polar surface area (TPSA) is 71.1 Å². The Balaban J connectivity index is 1.82. The zero-order valence-corrected chi connectivity index (χ0v) is 10.9. The molecule has 5 nitrogen and oxygen atoms in total. The van der Waals surface area contributed by atoms with Crippen molar-refractivity contribution < 1.29 is 9.59 Å². The zero-order chi connectivity index (χ0) is 14.1. The van der Waals surface area contributed by atoms with E-state index >= 15 is 0 Å². The highest BCUT2D eigenvalue weighted by atomic mass is 16.2. The number of anilines is 2. The SMILES string of the molecule is CC1C(=O)Nc2cc(NC(=O)c3cccnc3)ccc21. The predicted octanol–water partition coefficient (Wildman–Crippen LogP) is 2.39. The van der Waals surface area contributed by atoms with Gasteiger partial charge < -0.3 is 10.6 Å². The molecule has 100 valence electrons. The molecular formula is C15H13N3O2. The second kappa shape index (κ2) is 4.77. The Labute approximate surface area is 116 Å². The number of hydrogen-bond acceptors (Lipinski definition) is 3. The van der Waals surface area contributed by atoms with E-state index in [4.69, 9.17) is 0 Å². The van der Waals surface area contributed by atoms with Crippen molar-refractivity contribution in [2.24, 2.45) is 0 Å². The summed E-state index contributed by atoms with van der Waals surface area (Å²) in [7, 11) is 0. The first-order valence-electron chi connectivity index (χ1n) is 6.31. The Bertz CT molecular complexity index is 683. The molecule has 20 heavy (non-hydrogen) atoms. The summed E-state index contributed by atoms with van der Waals surface area (Å²) in [6, 6.07) is 8.82. The maximum absolute atomic E-state index is 12.0. The third kappa shape index (κ3) is 2.14. The molecule has 1 aliphatic rings. The molecule has 1 atom stereocenters. The third-order valence-corrected chi connectivity index (χ3v) is 3.35. The van der Waals surface area contributed by atoms with Crippen molar-refractivity contribution in [3.63, 3.8) is 0 Å². The number of fused-ring (bicyclic) bond motifs is 1. The average Bonchev–Trinajstić information content (AvgIpc) is 2.74. The zero-order valence-electron chi connectivity index (χ0n) is 10.9. The average molecular weight is 267 g/mol. The first-order valence-corrected chi connectivity index (χ1v) is 6.31. The summed E-state index contributed by atoms with van der Waals surface area (Å²) in [5.41, 5.74) is 2.85. The molecule has 0 radical (unpaired) electrons. The first-order chi connectivity index (χ1) is 9.65. The molecule has 2 amide bonds. The van der Waals surface area contributed by atoms with Gasteiger partial charge in [0, 0.05) is 23.8 Å². The second-order valence-corrected chi connectivity index (χ2v) is 4.71. The van der Waals surface area contributed by atoms with Crippen molar-refractivity contribution in [3.8, 4) is 0 Å². The Kier molecular flexibility index (Phi) is 2.95. The summed E-state index contributed by atoms with van der Waals surface area (Å²) in [5.74, 6) is -0.390. The van der Waals surface area contributed by atoms with Crippen LogP contribution in [0.1, 0.15) is 28.8 Å². The molecule has 0 saturated carbocycles. The van der Waals surface area contributed by atoms with E-state index in [1.165, 1.54) is 6.20 Å². The van der Waals surface area contributed by atoms with Crippen LogP contribution in [0.15, 0.2) is 42.7 Å². The van der Waals surface area contributed by atoms with E-state index in [2.05, 4.69) is 15.6 Å². The predicted molar refractivity (Wildman–Crippen MR) is 75.7 cm³/mol. The lowest BCUT2D eigenvalue weighted by Gasteiger charge is -2.07. The van der Waals surface area contributed by atoms with Gasteiger partial charge in [0.2, 0.25) is 5.91 Å². The van der Waals surface area contributed by atoms with Gasteiger partial charge in [0.1, 0.15) is 0 Å². The summed E-state index contributed by atoms with van der Waals surface area (Å²) >= 11 is 0. The van der Waals surface area contributed by atoms with Crippen LogP contribution in [0.4, 0.5) is 11.4 Å². The fourth-order valence-corrected chi connectivity index (χ4v) is 2.20. The van der Waals surface area contributed by atoms with Crippen molar-refractivity contribution >= 4 is 23.2 Å². The van der Waals surface area contributed by atoms with E-state index in [1.807, 2.05) is 13.0 Å². The Morgan fingerprint density at radius 2 is 2.20 bits per heavy atom. The first kappa shape index (κ1) is 12.3. The van der Waals surface area contributed by atoms with Gasteiger partial charge in [-0.15, -0.1) is 0 Å². The minimum absolute atomic E-state index is 0.0178. The number of carbonyl (C=O) groups excluding carboxylic acids is 2. The lowest BCUT2D eigenvalue weighted by molar-refractivity contribution is -0.116. The molecule has 3 rings (SSSR count). The van der Waals surface area contributed by atoms with Crippen molar-refractivity contribution in [2.45, 2.75) is 12.8 Å². The molecule has 0 saturated heterocycles. The third-order valence-electron chi connectivity index (χ3n) is 3.35. The van der Waals surface area contributed by atoms with Gasteiger partial charge in [-0.2, -0.15) is 0 Å². The van der Waals surface area contributed by atoms with Crippen molar-refractivity contribution in [2.75, 3.05) is 10.6 Å². The van der Waals surface area contributed by atoms with E-state index in [9.17, 15) is 9.59 Å². The number of nitrogens with zero attached hydrogens (tertiary/aromatic N) is 1. The quantitative estimate of drug-likeness (QED) is 0.877. The molecule has 1 aromatic carbocycles. The number of amides is 2. The number of pyridine rings is 1. The van der Waals surface area contributed by atoms with Crippen LogP contribution >= 0.6 is 0 Å². The van der Waals surface area contributed by atoms with Gasteiger partial charge in [-0.3, -0.25) is 14.6 Å². The van der Waals surface area contributed by atoms with Crippen LogP contribution in [0.3, 0.4) is 0 Å². The molecule has 1 aromatic heterocycles. The van der Waals surface area contributed by atoms with Gasteiger partial charge in [0.25, 0.3) is 5.91 Å². The Morgan fingerprint density at radius 3 is 2.95 bits per heavy atom. The van der Waals surface area contributed by atoms with Crippen molar-refractivity contribution in [1.82, 2.24) is 4.98 Å².